The molecular weight excluding hydrogens is 280 g/mol. The van der Waals surface area contributed by atoms with E-state index < -0.39 is 5.60 Å². The van der Waals surface area contributed by atoms with E-state index in [0.29, 0.717) is 0 Å². The molecule has 0 bridgehead atoms. The highest BCUT2D eigenvalue weighted by molar-refractivity contribution is 5.52. The second kappa shape index (κ2) is 5.36. The SMILES string of the molecule is CC(O)(c1ccccc1)C1c2ccccc2Cc2ccccc21. The van der Waals surface area contributed by atoms with Crippen LogP contribution in [0.3, 0.4) is 0 Å². The van der Waals surface area contributed by atoms with Gasteiger partial charge in [0.1, 0.15) is 0 Å². The van der Waals surface area contributed by atoms with Gasteiger partial charge in [0.25, 0.3) is 0 Å². The fraction of sp³-hybridized carbons (Fsp3) is 0.182. The average molecular weight is 300 g/mol. The Hall–Kier alpha value is -2.38. The monoisotopic (exact) mass is 300 g/mol. The zero-order valence-electron chi connectivity index (χ0n) is 13.2. The number of rotatable bonds is 2. The summed E-state index contributed by atoms with van der Waals surface area (Å²) >= 11 is 0. The summed E-state index contributed by atoms with van der Waals surface area (Å²) in [6.07, 6.45) is 0.938. The average Bonchev–Trinajstić information content (AvgIpc) is 2.60. The Kier molecular flexibility index (Phi) is 3.32. The molecule has 0 aliphatic heterocycles. The first-order valence-electron chi connectivity index (χ1n) is 8.11. The predicted octanol–water partition coefficient (Wildman–Crippen LogP) is 4.63. The number of hydrogen-bond acceptors (Lipinski definition) is 1. The molecular formula is C22H20O. The van der Waals surface area contributed by atoms with E-state index in [4.69, 9.17) is 0 Å². The molecule has 0 heterocycles. The maximum Gasteiger partial charge on any atom is 0.0977 e. The van der Waals surface area contributed by atoms with Gasteiger partial charge in [-0.2, -0.15) is 0 Å². The lowest BCUT2D eigenvalue weighted by Gasteiger charge is -2.39. The van der Waals surface area contributed by atoms with Gasteiger partial charge < -0.3 is 5.11 Å². The minimum Gasteiger partial charge on any atom is -0.384 e. The molecule has 1 aliphatic carbocycles. The van der Waals surface area contributed by atoms with Crippen LogP contribution in [-0.2, 0) is 12.0 Å². The van der Waals surface area contributed by atoms with Gasteiger partial charge in [-0.25, -0.2) is 0 Å². The lowest BCUT2D eigenvalue weighted by molar-refractivity contribution is 0.0381. The van der Waals surface area contributed by atoms with Crippen LogP contribution in [0.2, 0.25) is 0 Å². The summed E-state index contributed by atoms with van der Waals surface area (Å²) in [4.78, 5) is 0. The topological polar surface area (TPSA) is 20.2 Å². The Bertz CT molecular complexity index is 788. The van der Waals surface area contributed by atoms with E-state index in [1.54, 1.807) is 0 Å². The molecule has 0 fully saturated rings. The summed E-state index contributed by atoms with van der Waals surface area (Å²) < 4.78 is 0. The molecule has 0 radical (unpaired) electrons. The van der Waals surface area contributed by atoms with Gasteiger partial charge in [0.2, 0.25) is 0 Å². The van der Waals surface area contributed by atoms with Crippen molar-refractivity contribution in [1.82, 2.24) is 0 Å². The van der Waals surface area contributed by atoms with Crippen LogP contribution in [0.15, 0.2) is 78.9 Å². The largest absolute Gasteiger partial charge is 0.384 e. The predicted molar refractivity (Wildman–Crippen MR) is 93.5 cm³/mol. The van der Waals surface area contributed by atoms with Gasteiger partial charge in [-0.3, -0.25) is 0 Å². The Labute approximate surface area is 137 Å². The third kappa shape index (κ3) is 2.29. The van der Waals surface area contributed by atoms with Crippen molar-refractivity contribution in [3.8, 4) is 0 Å². The zero-order chi connectivity index (χ0) is 15.9. The summed E-state index contributed by atoms with van der Waals surface area (Å²) in [7, 11) is 0. The lowest BCUT2D eigenvalue weighted by atomic mass is 9.68. The summed E-state index contributed by atoms with van der Waals surface area (Å²) in [6, 6.07) is 27.0. The molecule has 0 saturated carbocycles. The molecule has 1 unspecified atom stereocenters. The first-order chi connectivity index (χ1) is 11.2. The van der Waals surface area contributed by atoms with Crippen LogP contribution in [0.1, 0.15) is 40.7 Å². The number of aliphatic hydroxyl groups is 1. The standard InChI is InChI=1S/C22H20O/c1-22(23,18-11-3-2-4-12-18)21-19-13-7-5-9-16(19)15-17-10-6-8-14-20(17)21/h2-14,21,23H,15H2,1H3. The van der Waals surface area contributed by atoms with Gasteiger partial charge in [0.15, 0.2) is 0 Å². The molecule has 114 valence electrons. The second-order valence-electron chi connectivity index (χ2n) is 6.52. The third-order valence-electron chi connectivity index (χ3n) is 5.03. The van der Waals surface area contributed by atoms with E-state index in [1.165, 1.54) is 22.3 Å². The maximum atomic E-state index is 11.5. The van der Waals surface area contributed by atoms with E-state index in [9.17, 15) is 5.11 Å². The summed E-state index contributed by atoms with van der Waals surface area (Å²) in [6.45, 7) is 1.94. The Morgan fingerprint density at radius 3 is 1.78 bits per heavy atom. The molecule has 3 aromatic rings. The Balaban J connectivity index is 1.94. The van der Waals surface area contributed by atoms with Crippen molar-refractivity contribution in [2.75, 3.05) is 0 Å². The summed E-state index contributed by atoms with van der Waals surface area (Å²) in [5, 5.41) is 11.5. The molecule has 0 spiro atoms. The minimum absolute atomic E-state index is 0.0500. The summed E-state index contributed by atoms with van der Waals surface area (Å²) in [5.41, 5.74) is 5.10. The normalized spacial score (nSPS) is 16.3. The highest BCUT2D eigenvalue weighted by Gasteiger charge is 2.39. The first-order valence-corrected chi connectivity index (χ1v) is 8.11. The molecule has 23 heavy (non-hydrogen) atoms. The van der Waals surface area contributed by atoms with E-state index >= 15 is 0 Å². The van der Waals surface area contributed by atoms with E-state index in [-0.39, 0.29) is 5.92 Å². The number of hydrogen-bond donors (Lipinski definition) is 1. The van der Waals surface area contributed by atoms with Crippen LogP contribution >= 0.6 is 0 Å². The van der Waals surface area contributed by atoms with Gasteiger partial charge in [-0.05, 0) is 41.2 Å². The lowest BCUT2D eigenvalue weighted by Crippen LogP contribution is -2.34. The fourth-order valence-corrected chi connectivity index (χ4v) is 3.87. The second-order valence-corrected chi connectivity index (χ2v) is 6.52. The van der Waals surface area contributed by atoms with Crippen molar-refractivity contribution < 1.29 is 5.11 Å². The van der Waals surface area contributed by atoms with Gasteiger partial charge in [-0.1, -0.05) is 78.9 Å². The van der Waals surface area contributed by atoms with Crippen molar-refractivity contribution in [2.24, 2.45) is 0 Å². The van der Waals surface area contributed by atoms with Gasteiger partial charge in [0.05, 0.1) is 5.60 Å². The molecule has 1 heteroatoms. The molecule has 3 aromatic carbocycles. The van der Waals surface area contributed by atoms with Crippen molar-refractivity contribution >= 4 is 0 Å². The van der Waals surface area contributed by atoms with Gasteiger partial charge in [-0.15, -0.1) is 0 Å². The van der Waals surface area contributed by atoms with Gasteiger partial charge in [0, 0.05) is 5.92 Å². The minimum atomic E-state index is -0.951. The smallest absolute Gasteiger partial charge is 0.0977 e. The highest BCUT2D eigenvalue weighted by atomic mass is 16.3. The highest BCUT2D eigenvalue weighted by Crippen LogP contribution is 2.46. The van der Waals surface area contributed by atoms with Crippen LogP contribution in [0.25, 0.3) is 0 Å². The van der Waals surface area contributed by atoms with E-state index in [0.717, 1.165) is 12.0 Å². The molecule has 1 aliphatic rings. The zero-order valence-corrected chi connectivity index (χ0v) is 13.2. The summed E-state index contributed by atoms with van der Waals surface area (Å²) in [5.74, 6) is -0.0500. The molecule has 0 aromatic heterocycles. The molecule has 1 nitrogen and oxygen atoms in total. The van der Waals surface area contributed by atoms with Crippen LogP contribution in [0.5, 0.6) is 0 Å². The quantitative estimate of drug-likeness (QED) is 0.731. The number of benzene rings is 3. The van der Waals surface area contributed by atoms with Crippen LogP contribution in [0.4, 0.5) is 0 Å². The maximum absolute atomic E-state index is 11.5. The van der Waals surface area contributed by atoms with E-state index in [1.807, 2.05) is 37.3 Å². The van der Waals surface area contributed by atoms with Crippen molar-refractivity contribution in [3.05, 3.63) is 107 Å². The molecule has 4 rings (SSSR count). The van der Waals surface area contributed by atoms with Crippen LogP contribution in [0, 0.1) is 0 Å². The fourth-order valence-electron chi connectivity index (χ4n) is 3.87. The van der Waals surface area contributed by atoms with Crippen molar-refractivity contribution in [1.29, 1.82) is 0 Å². The third-order valence-corrected chi connectivity index (χ3v) is 5.03. The number of fused-ring (bicyclic) bond motifs is 2. The Morgan fingerprint density at radius 1 is 0.739 bits per heavy atom. The van der Waals surface area contributed by atoms with Crippen LogP contribution < -0.4 is 0 Å². The molecule has 0 amide bonds. The molecule has 1 atom stereocenters. The van der Waals surface area contributed by atoms with Gasteiger partial charge >= 0.3 is 0 Å². The van der Waals surface area contributed by atoms with Crippen molar-refractivity contribution in [2.45, 2.75) is 24.9 Å². The van der Waals surface area contributed by atoms with E-state index in [2.05, 4.69) is 48.5 Å². The molecule has 1 N–H and O–H groups in total. The Morgan fingerprint density at radius 2 is 1.22 bits per heavy atom. The van der Waals surface area contributed by atoms with Crippen molar-refractivity contribution in [3.63, 3.8) is 0 Å². The first kappa shape index (κ1) is 14.2. The van der Waals surface area contributed by atoms with Crippen LogP contribution in [-0.4, -0.2) is 5.11 Å². The molecule has 0 saturated heterocycles.